The number of aliphatic imine (C=N–C) groups is 1. The number of hydrogen-bond donors (Lipinski definition) is 1. The van der Waals surface area contributed by atoms with Crippen LogP contribution in [0.25, 0.3) is 51.5 Å². The van der Waals surface area contributed by atoms with Gasteiger partial charge in [0.05, 0.1) is 15.8 Å². The molecular weight excluding hydrogens is 668 g/mol. The van der Waals surface area contributed by atoms with Crippen molar-refractivity contribution in [3.8, 4) is 11.1 Å². The molecule has 2 aliphatic rings. The maximum absolute atomic E-state index is 7.16. The van der Waals surface area contributed by atoms with E-state index >= 15 is 0 Å². The highest BCUT2D eigenvalue weighted by molar-refractivity contribution is 7.26. The zero-order valence-corrected chi connectivity index (χ0v) is 30.1. The van der Waals surface area contributed by atoms with Crippen molar-refractivity contribution in [3.63, 3.8) is 0 Å². The van der Waals surface area contributed by atoms with Crippen LogP contribution in [0.1, 0.15) is 54.0 Å². The summed E-state index contributed by atoms with van der Waals surface area (Å²) in [6.07, 6.45) is 3.08. The van der Waals surface area contributed by atoms with Crippen molar-refractivity contribution in [3.05, 3.63) is 155 Å². The molecule has 0 spiro atoms. The van der Waals surface area contributed by atoms with E-state index in [9.17, 15) is 0 Å². The molecule has 0 amide bonds. The molecule has 4 atom stereocenters. The molecule has 1 aliphatic heterocycles. The summed E-state index contributed by atoms with van der Waals surface area (Å²) < 4.78 is 5.03. The minimum atomic E-state index is -0.0300. The molecule has 0 saturated carbocycles. The van der Waals surface area contributed by atoms with Crippen molar-refractivity contribution in [2.45, 2.75) is 44.2 Å². The lowest BCUT2D eigenvalue weighted by molar-refractivity contribution is 0.279. The van der Waals surface area contributed by atoms with Gasteiger partial charge in [0.2, 0.25) is 0 Å². The van der Waals surface area contributed by atoms with Crippen LogP contribution >= 0.6 is 34.3 Å². The van der Waals surface area contributed by atoms with E-state index in [-0.39, 0.29) is 12.1 Å². The van der Waals surface area contributed by atoms with Crippen molar-refractivity contribution < 1.29 is 0 Å². The Morgan fingerprint density at radius 1 is 0.680 bits per heavy atom. The van der Waals surface area contributed by atoms with Gasteiger partial charge in [0.25, 0.3) is 0 Å². The summed E-state index contributed by atoms with van der Waals surface area (Å²) in [5.74, 6) is 1.69. The van der Waals surface area contributed by atoms with Crippen LogP contribution in [-0.4, -0.2) is 11.9 Å². The smallest absolute Gasteiger partial charge is 0.130 e. The third kappa shape index (κ3) is 4.84. The first-order valence-corrected chi connectivity index (χ1v) is 19.7. The molecule has 5 heteroatoms. The van der Waals surface area contributed by atoms with Crippen molar-refractivity contribution >= 4 is 80.5 Å². The van der Waals surface area contributed by atoms with Gasteiger partial charge in [0.15, 0.2) is 0 Å². The fourth-order valence-corrected chi connectivity index (χ4v) is 11.5. The number of thiophene rings is 2. The first kappa shape index (κ1) is 30.4. The summed E-state index contributed by atoms with van der Waals surface area (Å²) in [7, 11) is 0. The lowest BCUT2D eigenvalue weighted by Crippen LogP contribution is -2.47. The van der Waals surface area contributed by atoms with Gasteiger partial charge in [-0.1, -0.05) is 116 Å². The lowest BCUT2D eigenvalue weighted by atomic mass is 9.73. The molecule has 2 aromatic heterocycles. The summed E-state index contributed by atoms with van der Waals surface area (Å²) >= 11 is 10.8. The molecular formula is C45H35ClN2S2. The molecule has 8 aromatic rings. The van der Waals surface area contributed by atoms with Crippen LogP contribution in [0.5, 0.6) is 0 Å². The molecule has 2 nitrogen and oxygen atoms in total. The molecule has 6 aromatic carbocycles. The maximum atomic E-state index is 7.16. The number of nitrogens with zero attached hydrogens (tertiary/aromatic N) is 1. The van der Waals surface area contributed by atoms with Gasteiger partial charge in [-0.05, 0) is 83.3 Å². The van der Waals surface area contributed by atoms with Gasteiger partial charge in [0.1, 0.15) is 5.84 Å². The minimum absolute atomic E-state index is 0.0300. The number of fused-ring (bicyclic) bond motifs is 9. The van der Waals surface area contributed by atoms with Crippen LogP contribution in [0, 0.1) is 5.92 Å². The first-order chi connectivity index (χ1) is 24.6. The van der Waals surface area contributed by atoms with E-state index in [0.717, 1.165) is 34.8 Å². The van der Waals surface area contributed by atoms with Crippen LogP contribution in [0.3, 0.4) is 0 Å². The predicted octanol–water partition coefficient (Wildman–Crippen LogP) is 13.0. The third-order valence-electron chi connectivity index (χ3n) is 11.2. The van der Waals surface area contributed by atoms with E-state index in [0.29, 0.717) is 11.8 Å². The van der Waals surface area contributed by atoms with Gasteiger partial charge >= 0.3 is 0 Å². The molecule has 0 fully saturated rings. The number of rotatable bonds is 5. The van der Waals surface area contributed by atoms with E-state index in [1.165, 1.54) is 69.0 Å². The van der Waals surface area contributed by atoms with Gasteiger partial charge in [-0.25, -0.2) is 0 Å². The SMILES string of the molecule is CCC1C(CC2Cc3ccccc3-c3ccccc32)NC(c2cccc3c2sc2ccccc23)=NC1c1cc(Cl)c2sc3ccccc3c2c1. The third-order valence-corrected chi connectivity index (χ3v) is 14.0. The number of hydrogen-bond acceptors (Lipinski definition) is 4. The molecule has 50 heavy (non-hydrogen) atoms. The molecule has 4 unspecified atom stereocenters. The fourth-order valence-electron chi connectivity index (χ4n) is 8.85. The van der Waals surface area contributed by atoms with Gasteiger partial charge in [-0.15, -0.1) is 22.7 Å². The minimum Gasteiger partial charge on any atom is -0.367 e. The number of benzene rings is 6. The van der Waals surface area contributed by atoms with E-state index in [2.05, 4.69) is 140 Å². The molecule has 1 N–H and O–H groups in total. The number of amidine groups is 1. The largest absolute Gasteiger partial charge is 0.367 e. The van der Waals surface area contributed by atoms with Crippen molar-refractivity contribution in [2.24, 2.45) is 10.9 Å². The van der Waals surface area contributed by atoms with Gasteiger partial charge in [0, 0.05) is 53.2 Å². The van der Waals surface area contributed by atoms with E-state index in [4.69, 9.17) is 16.6 Å². The van der Waals surface area contributed by atoms with Crippen LogP contribution in [0.2, 0.25) is 5.02 Å². The Morgan fingerprint density at radius 2 is 1.34 bits per heavy atom. The van der Waals surface area contributed by atoms with Crippen LogP contribution in [0.15, 0.2) is 132 Å². The van der Waals surface area contributed by atoms with Gasteiger partial charge < -0.3 is 5.32 Å². The molecule has 0 bridgehead atoms. The van der Waals surface area contributed by atoms with E-state index < -0.39 is 0 Å². The van der Waals surface area contributed by atoms with Gasteiger partial charge in [-0.3, -0.25) is 4.99 Å². The molecule has 10 rings (SSSR count). The summed E-state index contributed by atoms with van der Waals surface area (Å²) in [5, 5.41) is 10.0. The Balaban J connectivity index is 1.14. The highest BCUT2D eigenvalue weighted by Crippen LogP contribution is 2.47. The zero-order chi connectivity index (χ0) is 33.3. The Hall–Kier alpha value is -4.48. The topological polar surface area (TPSA) is 24.4 Å². The molecule has 0 radical (unpaired) electrons. The summed E-state index contributed by atoms with van der Waals surface area (Å²) in [4.78, 5) is 5.69. The monoisotopic (exact) mass is 702 g/mol. The maximum Gasteiger partial charge on any atom is 0.130 e. The zero-order valence-electron chi connectivity index (χ0n) is 27.7. The van der Waals surface area contributed by atoms with Gasteiger partial charge in [-0.2, -0.15) is 0 Å². The first-order valence-electron chi connectivity index (χ1n) is 17.7. The van der Waals surface area contributed by atoms with Crippen LogP contribution in [-0.2, 0) is 6.42 Å². The quantitative estimate of drug-likeness (QED) is 0.190. The second-order valence-corrected chi connectivity index (χ2v) is 16.4. The summed E-state index contributed by atoms with van der Waals surface area (Å²) in [5.41, 5.74) is 8.07. The summed E-state index contributed by atoms with van der Waals surface area (Å²) in [6, 6.07) is 47.0. The Morgan fingerprint density at radius 3 is 2.16 bits per heavy atom. The average Bonchev–Trinajstić information content (AvgIpc) is 3.74. The Kier molecular flexibility index (Phi) is 7.34. The highest BCUT2D eigenvalue weighted by atomic mass is 35.5. The second kappa shape index (κ2) is 12.1. The summed E-state index contributed by atoms with van der Waals surface area (Å²) in [6.45, 7) is 2.34. The molecule has 0 saturated heterocycles. The normalized spacial score (nSPS) is 20.2. The standard InChI is InChI=1S/C45H35ClN2S2/c1-2-29-39(25-27-22-26-12-3-4-13-30(26)32-15-6-5-14-31(27)32)47-45(36-19-11-18-35-33-16-7-9-20-40(33)49-43(35)36)48-42(29)28-23-37-34-17-8-10-21-41(34)50-44(37)38(46)24-28/h3-21,23-24,27,29,39,42H,2,22,25H2,1H3,(H,47,48). The van der Waals surface area contributed by atoms with Crippen molar-refractivity contribution in [1.29, 1.82) is 0 Å². The van der Waals surface area contributed by atoms with E-state index in [1.807, 2.05) is 11.3 Å². The molecule has 244 valence electrons. The Labute approximate surface area is 305 Å². The number of halogens is 1. The second-order valence-electron chi connectivity index (χ2n) is 13.9. The molecule has 1 aliphatic carbocycles. The van der Waals surface area contributed by atoms with Crippen LogP contribution < -0.4 is 5.32 Å². The lowest BCUT2D eigenvalue weighted by Gasteiger charge is -2.40. The molecule has 3 heterocycles. The number of nitrogens with one attached hydrogen (secondary N) is 1. The van der Waals surface area contributed by atoms with E-state index in [1.54, 1.807) is 11.3 Å². The highest BCUT2D eigenvalue weighted by Gasteiger charge is 2.38. The fraction of sp³-hybridized carbons (Fsp3) is 0.178. The van der Waals surface area contributed by atoms with Crippen molar-refractivity contribution in [2.75, 3.05) is 0 Å². The van der Waals surface area contributed by atoms with Crippen molar-refractivity contribution in [1.82, 2.24) is 5.32 Å². The predicted molar refractivity (Wildman–Crippen MR) is 217 cm³/mol. The average molecular weight is 703 g/mol. The van der Waals surface area contributed by atoms with Crippen LogP contribution in [0.4, 0.5) is 0 Å². The Bertz CT molecular complexity index is 2630.